The Balaban J connectivity index is 2.59. The minimum absolute atomic E-state index is 0.199. The molecule has 4 nitrogen and oxygen atoms in total. The number of carbonyl (C=O) groups is 2. The third-order valence-electron chi connectivity index (χ3n) is 7.13. The summed E-state index contributed by atoms with van der Waals surface area (Å²) < 4.78 is 0. The normalized spacial score (nSPS) is 23.0. The van der Waals surface area contributed by atoms with Crippen LogP contribution in [-0.2, 0) is 4.79 Å². The van der Waals surface area contributed by atoms with Gasteiger partial charge in [-0.1, -0.05) is 74.9 Å². The predicted molar refractivity (Wildman–Crippen MR) is 148 cm³/mol. The molecule has 0 aliphatic heterocycles. The Morgan fingerprint density at radius 1 is 1.11 bits per heavy atom. The maximum Gasteiger partial charge on any atom is 0.212 e. The van der Waals surface area contributed by atoms with Gasteiger partial charge in [0.2, 0.25) is 6.41 Å². The van der Waals surface area contributed by atoms with Crippen molar-refractivity contribution in [2.24, 2.45) is 16.3 Å². The highest BCUT2D eigenvalue weighted by atomic mass is 35.5. The number of hydrogen-bond acceptors (Lipinski definition) is 3. The van der Waals surface area contributed by atoms with Gasteiger partial charge in [0, 0.05) is 16.3 Å². The average molecular weight is 497 g/mol. The van der Waals surface area contributed by atoms with Crippen molar-refractivity contribution in [3.8, 4) is 0 Å². The second kappa shape index (κ2) is 12.0. The Hall–Kier alpha value is -2.46. The van der Waals surface area contributed by atoms with Gasteiger partial charge in [-0.15, -0.1) is 0 Å². The summed E-state index contributed by atoms with van der Waals surface area (Å²) in [6.07, 6.45) is 9.20. The van der Waals surface area contributed by atoms with Crippen LogP contribution in [0.25, 0.3) is 0 Å². The number of allylic oxidation sites excluding steroid dienone is 5. The third kappa shape index (κ3) is 7.51. The third-order valence-corrected chi connectivity index (χ3v) is 7.24. The van der Waals surface area contributed by atoms with E-state index in [1.807, 2.05) is 56.9 Å². The molecule has 1 aromatic carbocycles. The molecule has 0 bridgehead atoms. The number of carbonyl (C=O) groups excluding carboxylic acids is 2. The van der Waals surface area contributed by atoms with Crippen LogP contribution in [0.2, 0.25) is 0 Å². The van der Waals surface area contributed by atoms with Crippen LogP contribution in [0.1, 0.15) is 96.1 Å². The van der Waals surface area contributed by atoms with Crippen LogP contribution in [0.4, 0.5) is 0 Å². The second-order valence-corrected chi connectivity index (χ2v) is 11.6. The topological polar surface area (TPSA) is 49.7 Å². The Bertz CT molecular complexity index is 1000. The Kier molecular flexibility index (Phi) is 9.85. The number of halogens is 1. The van der Waals surface area contributed by atoms with Gasteiger partial charge >= 0.3 is 0 Å². The van der Waals surface area contributed by atoms with Gasteiger partial charge < -0.3 is 4.90 Å². The van der Waals surface area contributed by atoms with Gasteiger partial charge in [-0.3, -0.25) is 14.6 Å². The van der Waals surface area contributed by atoms with Gasteiger partial charge in [0.1, 0.15) is 11.9 Å². The van der Waals surface area contributed by atoms with E-state index in [2.05, 4.69) is 27.4 Å². The van der Waals surface area contributed by atoms with Gasteiger partial charge in [0.15, 0.2) is 0 Å². The summed E-state index contributed by atoms with van der Waals surface area (Å²) in [5.41, 5.74) is 3.77. The van der Waals surface area contributed by atoms with Crippen molar-refractivity contribution in [3.63, 3.8) is 0 Å². The fraction of sp³-hybridized carbons (Fsp3) is 0.500. The van der Waals surface area contributed by atoms with Gasteiger partial charge in [-0.25, -0.2) is 0 Å². The number of rotatable bonds is 9. The molecule has 5 heteroatoms. The zero-order chi connectivity index (χ0) is 26.4. The Labute approximate surface area is 216 Å². The molecule has 1 unspecified atom stereocenters. The molecule has 1 atom stereocenters. The van der Waals surface area contributed by atoms with E-state index in [-0.39, 0.29) is 11.5 Å². The van der Waals surface area contributed by atoms with Crippen molar-refractivity contribution in [1.29, 1.82) is 0 Å². The summed E-state index contributed by atoms with van der Waals surface area (Å²) in [6.45, 7) is 18.7. The molecule has 35 heavy (non-hydrogen) atoms. The fourth-order valence-corrected chi connectivity index (χ4v) is 5.16. The number of aldehydes is 1. The van der Waals surface area contributed by atoms with Crippen LogP contribution < -0.4 is 0 Å². The van der Waals surface area contributed by atoms with Crippen molar-refractivity contribution < 1.29 is 9.59 Å². The molecule has 0 N–H and O–H groups in total. The van der Waals surface area contributed by atoms with Crippen LogP contribution in [0, 0.1) is 11.3 Å². The Morgan fingerprint density at radius 2 is 1.69 bits per heavy atom. The van der Waals surface area contributed by atoms with Crippen molar-refractivity contribution in [3.05, 3.63) is 70.3 Å². The summed E-state index contributed by atoms with van der Waals surface area (Å²) in [4.78, 5) is 30.9. The lowest BCUT2D eigenvalue weighted by Crippen LogP contribution is -2.51. The maximum absolute atomic E-state index is 12.7. The molecule has 1 fully saturated rings. The quantitative estimate of drug-likeness (QED) is 0.197. The zero-order valence-electron chi connectivity index (χ0n) is 22.4. The molecule has 0 heterocycles. The van der Waals surface area contributed by atoms with Crippen LogP contribution in [0.3, 0.4) is 0 Å². The molecule has 1 saturated carbocycles. The summed E-state index contributed by atoms with van der Waals surface area (Å²) in [6, 6.07) is 7.22. The molecule has 1 amide bonds. The zero-order valence-corrected chi connectivity index (χ0v) is 23.2. The predicted octanol–water partition coefficient (Wildman–Crippen LogP) is 8.06. The van der Waals surface area contributed by atoms with Gasteiger partial charge in [-0.2, -0.15) is 0 Å². The average Bonchev–Trinajstić information content (AvgIpc) is 2.78. The van der Waals surface area contributed by atoms with E-state index in [0.29, 0.717) is 16.5 Å². The van der Waals surface area contributed by atoms with Crippen molar-refractivity contribution in [2.45, 2.75) is 85.9 Å². The van der Waals surface area contributed by atoms with E-state index in [1.165, 1.54) is 0 Å². The summed E-state index contributed by atoms with van der Waals surface area (Å²) >= 11 is 6.24. The van der Waals surface area contributed by atoms with Crippen molar-refractivity contribution in [2.75, 3.05) is 0 Å². The molecule has 0 spiro atoms. The molecule has 1 aromatic rings. The van der Waals surface area contributed by atoms with E-state index in [4.69, 9.17) is 16.6 Å². The monoisotopic (exact) mass is 496 g/mol. The molecule has 0 radical (unpaired) electrons. The van der Waals surface area contributed by atoms with E-state index >= 15 is 0 Å². The highest BCUT2D eigenvalue weighted by Crippen LogP contribution is 2.46. The minimum atomic E-state index is -0.668. The SMILES string of the molecule is C=C(C)/C=C(C=C(C)Cl)/C(C)=N/C1(N(C=O)C(C)c2ccc(C=O)cc2)CCC(C(C)(C)C)CC1. The van der Waals surface area contributed by atoms with Crippen LogP contribution in [0.15, 0.2) is 64.2 Å². The summed E-state index contributed by atoms with van der Waals surface area (Å²) in [7, 11) is 0. The molecule has 2 rings (SSSR count). The molecule has 1 aliphatic carbocycles. The Morgan fingerprint density at radius 3 is 2.11 bits per heavy atom. The molecule has 0 aromatic heterocycles. The standard InChI is InChI=1S/C30H41ClN2O2/c1-21(2)17-27(18-22(3)31)23(4)32-30(15-13-28(14-16-30)29(6,7)8)33(20-35)24(5)26-11-9-25(19-34)10-12-26/h9-12,17-20,24,28H,1,13-16H2,2-8H3/b22-18?,27-17+,32-23+. The highest BCUT2D eigenvalue weighted by molar-refractivity contribution is 6.29. The number of amides is 1. The highest BCUT2D eigenvalue weighted by Gasteiger charge is 2.44. The lowest BCUT2D eigenvalue weighted by molar-refractivity contribution is -0.129. The second-order valence-electron chi connectivity index (χ2n) is 11.0. The number of benzene rings is 1. The maximum atomic E-state index is 12.7. The van der Waals surface area contributed by atoms with Crippen molar-refractivity contribution in [1.82, 2.24) is 4.90 Å². The van der Waals surface area contributed by atoms with Crippen LogP contribution >= 0.6 is 11.6 Å². The van der Waals surface area contributed by atoms with E-state index in [9.17, 15) is 9.59 Å². The van der Waals surface area contributed by atoms with Crippen LogP contribution in [0.5, 0.6) is 0 Å². The van der Waals surface area contributed by atoms with Gasteiger partial charge in [0.05, 0.1) is 6.04 Å². The van der Waals surface area contributed by atoms with Gasteiger partial charge in [0.25, 0.3) is 0 Å². The molecule has 0 saturated heterocycles. The molecule has 190 valence electrons. The number of nitrogens with zero attached hydrogens (tertiary/aromatic N) is 2. The van der Waals surface area contributed by atoms with E-state index in [1.54, 1.807) is 12.1 Å². The van der Waals surface area contributed by atoms with E-state index in [0.717, 1.165) is 60.8 Å². The minimum Gasteiger partial charge on any atom is -0.314 e. The first-order valence-electron chi connectivity index (χ1n) is 12.4. The molecular weight excluding hydrogens is 456 g/mol. The molecule has 1 aliphatic rings. The van der Waals surface area contributed by atoms with Crippen molar-refractivity contribution >= 4 is 30.0 Å². The number of aliphatic imine (C=N–C) groups is 1. The smallest absolute Gasteiger partial charge is 0.212 e. The first kappa shape index (κ1) is 28.8. The largest absolute Gasteiger partial charge is 0.314 e. The van der Waals surface area contributed by atoms with Gasteiger partial charge in [-0.05, 0) is 81.9 Å². The lowest BCUT2D eigenvalue weighted by Gasteiger charge is -2.48. The van der Waals surface area contributed by atoms with Crippen LogP contribution in [-0.4, -0.2) is 29.0 Å². The lowest BCUT2D eigenvalue weighted by atomic mass is 9.69. The molecular formula is C30H41ClN2O2. The van der Waals surface area contributed by atoms with E-state index < -0.39 is 5.66 Å². The first-order chi connectivity index (χ1) is 16.3. The first-order valence-corrected chi connectivity index (χ1v) is 12.8. The summed E-state index contributed by atoms with van der Waals surface area (Å²) in [5.74, 6) is 0.567. The fourth-order valence-electron chi connectivity index (χ4n) is 5.04. The number of hydrogen-bond donors (Lipinski definition) is 0. The summed E-state index contributed by atoms with van der Waals surface area (Å²) in [5, 5.41) is 0.661.